The second-order valence-corrected chi connectivity index (χ2v) is 15.0. The maximum absolute atomic E-state index is 4.77. The number of aryl methyl sites for hydroxylation is 1. The Morgan fingerprint density at radius 2 is 1.52 bits per heavy atom. The van der Waals surface area contributed by atoms with Gasteiger partial charge in [-0.3, -0.25) is 0 Å². The smallest absolute Gasteiger partial charge is 0.145 e. The topological polar surface area (TPSA) is 37.1 Å². The normalized spacial score (nSPS) is 13.1. The van der Waals surface area contributed by atoms with E-state index < -0.39 is 8.07 Å². The molecule has 0 bridgehead atoms. The third-order valence-electron chi connectivity index (χ3n) is 7.75. The Balaban J connectivity index is 0.00000289. The van der Waals surface area contributed by atoms with Gasteiger partial charge in [-0.05, 0) is 48.2 Å². The van der Waals surface area contributed by atoms with Crippen LogP contribution >= 0.6 is 0 Å². The molecule has 0 saturated heterocycles. The van der Waals surface area contributed by atoms with Gasteiger partial charge in [-0.2, -0.15) is 51.7 Å². The van der Waals surface area contributed by atoms with E-state index in [1.165, 1.54) is 26.7 Å². The Morgan fingerprint density at radius 1 is 0.775 bits per heavy atom. The molecule has 1 N–H and O–H groups in total. The number of nitrogens with zero attached hydrogens (tertiary/aromatic N) is 4. The first-order valence-electron chi connectivity index (χ1n) is 13.2. The van der Waals surface area contributed by atoms with Crippen molar-refractivity contribution >= 4 is 57.3 Å². The molecule has 0 radical (unpaired) electrons. The molecule has 40 heavy (non-hydrogen) atoms. The maximum Gasteiger partial charge on any atom is 0.145 e. The van der Waals surface area contributed by atoms with Gasteiger partial charge in [-0.25, -0.2) is 4.98 Å². The second-order valence-electron chi connectivity index (χ2n) is 10.7. The molecule has 0 unspecified atom stereocenters. The fraction of sp³-hybridized carbons (Fsp3) is 0.121. The van der Waals surface area contributed by atoms with E-state index in [0.29, 0.717) is 0 Å². The Hall–Kier alpha value is -3.70. The fourth-order valence-corrected chi connectivity index (χ4v) is 7.73. The third kappa shape index (κ3) is 4.19. The van der Waals surface area contributed by atoms with Crippen molar-refractivity contribution in [1.82, 2.24) is 9.55 Å². The van der Waals surface area contributed by atoms with Crippen LogP contribution in [0.2, 0.25) is 13.1 Å². The van der Waals surface area contributed by atoms with Crippen LogP contribution in [-0.4, -0.2) is 29.6 Å². The molecule has 7 rings (SSSR count). The van der Waals surface area contributed by atoms with Crippen molar-refractivity contribution < 1.29 is 26.0 Å². The molecule has 3 heterocycles. The minimum Gasteiger partial charge on any atom is -0.319 e. The summed E-state index contributed by atoms with van der Waals surface area (Å²) in [4.78, 5) is 9.51. The Labute approximate surface area is 249 Å². The van der Waals surface area contributed by atoms with Gasteiger partial charge in [0.15, 0.2) is 0 Å². The average Bonchev–Trinajstić information content (AvgIpc) is 3.48. The van der Waals surface area contributed by atoms with Gasteiger partial charge in [0, 0.05) is 38.5 Å². The van der Waals surface area contributed by atoms with Crippen LogP contribution in [-0.2, 0) is 21.1 Å². The van der Waals surface area contributed by atoms with Crippen LogP contribution in [0.4, 0.5) is 17.1 Å². The molecule has 6 aromatic rings. The predicted octanol–water partition coefficient (Wildman–Crippen LogP) is 6.34. The SMILES string of the molecule is Cc1ccnc(-n2c3[c-]c([Si](C)(C)c4[c-]c(N5[OH+]N(C)c6ccccc65)ccc4)ccc3c3ccccc32)c1.[Pt]. The molecule has 5 nitrogen and oxygen atoms in total. The van der Waals surface area contributed by atoms with E-state index in [4.69, 9.17) is 9.92 Å². The summed E-state index contributed by atoms with van der Waals surface area (Å²) in [6, 6.07) is 39.6. The van der Waals surface area contributed by atoms with Gasteiger partial charge >= 0.3 is 0 Å². The molecule has 4 aromatic carbocycles. The molecule has 0 atom stereocenters. The van der Waals surface area contributed by atoms with Crippen LogP contribution in [0, 0.1) is 19.1 Å². The van der Waals surface area contributed by atoms with E-state index in [-0.39, 0.29) is 21.1 Å². The van der Waals surface area contributed by atoms with Gasteiger partial charge in [-0.15, -0.1) is 21.6 Å². The summed E-state index contributed by atoms with van der Waals surface area (Å²) in [5, 5.41) is 8.75. The monoisotopic (exact) mass is 720 g/mol. The number of hydrogen-bond donors (Lipinski definition) is 0. The van der Waals surface area contributed by atoms with Gasteiger partial charge in [0.2, 0.25) is 0 Å². The van der Waals surface area contributed by atoms with Crippen molar-refractivity contribution in [2.75, 3.05) is 17.2 Å². The second kappa shape index (κ2) is 10.0. The number of para-hydroxylation sites is 3. The Bertz CT molecular complexity index is 1880. The van der Waals surface area contributed by atoms with Crippen LogP contribution in [0.25, 0.3) is 27.6 Å². The van der Waals surface area contributed by atoms with Gasteiger partial charge in [-0.1, -0.05) is 48.9 Å². The van der Waals surface area contributed by atoms with Crippen molar-refractivity contribution in [1.29, 1.82) is 0 Å². The number of hydroxylamine groups is 1. The number of hydrogen-bond acceptors (Lipinski definition) is 3. The number of anilines is 3. The van der Waals surface area contributed by atoms with Crippen LogP contribution in [0.15, 0.2) is 97.2 Å². The van der Waals surface area contributed by atoms with Crippen LogP contribution in [0.5, 0.6) is 0 Å². The van der Waals surface area contributed by atoms with Crippen LogP contribution < -0.4 is 20.5 Å². The summed E-state index contributed by atoms with van der Waals surface area (Å²) < 4.78 is 2.25. The molecule has 0 amide bonds. The first kappa shape index (κ1) is 26.5. The first-order chi connectivity index (χ1) is 18.9. The largest absolute Gasteiger partial charge is 0.319 e. The molecule has 7 heteroatoms. The summed E-state index contributed by atoms with van der Waals surface area (Å²) in [5.74, 6) is 0.918. The number of fused-ring (bicyclic) bond motifs is 4. The van der Waals surface area contributed by atoms with E-state index in [0.717, 1.165) is 33.9 Å². The summed E-state index contributed by atoms with van der Waals surface area (Å²) >= 11 is 0. The molecule has 0 aliphatic carbocycles. The summed E-state index contributed by atoms with van der Waals surface area (Å²) in [6.45, 7) is 6.86. The van der Waals surface area contributed by atoms with Gasteiger partial charge < -0.3 is 4.57 Å². The van der Waals surface area contributed by atoms with Gasteiger partial charge in [0.1, 0.15) is 17.2 Å². The quantitative estimate of drug-likeness (QED) is 0.121. The predicted molar refractivity (Wildman–Crippen MR) is 163 cm³/mol. The number of benzene rings is 4. The average molecular weight is 721 g/mol. The minimum atomic E-state index is -2.17. The fourth-order valence-electron chi connectivity index (χ4n) is 5.55. The molecule has 2 aromatic heterocycles. The third-order valence-corrected chi connectivity index (χ3v) is 11.0. The van der Waals surface area contributed by atoms with Crippen LogP contribution in [0.1, 0.15) is 5.56 Å². The van der Waals surface area contributed by atoms with Crippen molar-refractivity contribution in [3.8, 4) is 5.82 Å². The molecule has 1 aliphatic rings. The molecule has 202 valence electrons. The molecule has 0 fully saturated rings. The van der Waals surface area contributed by atoms with Crippen molar-refractivity contribution in [2.24, 2.45) is 0 Å². The first-order valence-corrected chi connectivity index (χ1v) is 16.2. The summed E-state index contributed by atoms with van der Waals surface area (Å²) in [7, 11) is -0.194. The summed E-state index contributed by atoms with van der Waals surface area (Å²) in [5.41, 5.74) is 6.49. The maximum atomic E-state index is 4.77. The van der Waals surface area contributed by atoms with Crippen molar-refractivity contribution in [3.05, 3.63) is 115 Å². The number of aromatic nitrogens is 2. The Morgan fingerprint density at radius 3 is 2.35 bits per heavy atom. The van der Waals surface area contributed by atoms with Crippen LogP contribution in [0.3, 0.4) is 0 Å². The zero-order chi connectivity index (χ0) is 26.7. The van der Waals surface area contributed by atoms with E-state index in [2.05, 4.69) is 116 Å². The number of rotatable bonds is 4. The molecular weight excluding hydrogens is 692 g/mol. The minimum absolute atomic E-state index is 0. The van der Waals surface area contributed by atoms with E-state index in [1.54, 1.807) is 0 Å². The summed E-state index contributed by atoms with van der Waals surface area (Å²) in [6.07, 6.45) is 1.88. The number of pyridine rings is 1. The van der Waals surface area contributed by atoms with Crippen molar-refractivity contribution in [3.63, 3.8) is 0 Å². The molecular formula is C33H29N4OPtSi-. The van der Waals surface area contributed by atoms with E-state index in [9.17, 15) is 0 Å². The molecule has 0 spiro atoms. The zero-order valence-electron chi connectivity index (χ0n) is 22.8. The van der Waals surface area contributed by atoms with E-state index in [1.807, 2.05) is 35.5 Å². The van der Waals surface area contributed by atoms with Crippen molar-refractivity contribution in [2.45, 2.75) is 20.0 Å². The molecule has 0 saturated carbocycles. The van der Waals surface area contributed by atoms with Gasteiger partial charge in [0.25, 0.3) is 0 Å². The Kier molecular flexibility index (Phi) is 6.66. The standard InChI is InChI=1S/C33H28N4OSi.Pt/c1-23-18-19-34-33(20-23)36-29-13-6-5-12-27(29)28-17-16-26(22-32(28)36)39(3,4)25-11-9-10-24(21-25)37-31-15-8-7-14-30(31)35(2)38-37;/h5-20H,1-4H3;/q-2;/p+1. The molecule has 1 aliphatic heterocycles. The van der Waals surface area contributed by atoms with Gasteiger partial charge in [0.05, 0.1) is 15.1 Å². The zero-order valence-corrected chi connectivity index (χ0v) is 26.1. The van der Waals surface area contributed by atoms with E-state index >= 15 is 0 Å².